The molecule has 0 aliphatic heterocycles. The van der Waals surface area contributed by atoms with Crippen LogP contribution in [0.4, 0.5) is 0 Å². The van der Waals surface area contributed by atoms with Crippen molar-refractivity contribution in [3.8, 4) is 22.2 Å². The van der Waals surface area contributed by atoms with E-state index in [0.29, 0.717) is 22.1 Å². The number of nitrogens with zero attached hydrogens (tertiary/aromatic N) is 2. The monoisotopic (exact) mass is 383 g/mol. The van der Waals surface area contributed by atoms with Gasteiger partial charge in [0.1, 0.15) is 21.4 Å². The summed E-state index contributed by atoms with van der Waals surface area (Å²) < 4.78 is 10.7. The van der Waals surface area contributed by atoms with E-state index in [9.17, 15) is 4.79 Å². The van der Waals surface area contributed by atoms with Crippen LogP contribution < -0.4 is 14.8 Å². The second kappa shape index (κ2) is 8.18. The quantitative estimate of drug-likeness (QED) is 0.696. The summed E-state index contributed by atoms with van der Waals surface area (Å²) in [5.41, 5.74) is 2.28. The van der Waals surface area contributed by atoms with Crippen molar-refractivity contribution >= 4 is 17.2 Å². The molecule has 0 radical (unpaired) electrons. The third-order valence-corrected chi connectivity index (χ3v) is 5.32. The van der Waals surface area contributed by atoms with Gasteiger partial charge in [0.05, 0.1) is 31.6 Å². The number of rotatable bonds is 6. The van der Waals surface area contributed by atoms with Gasteiger partial charge in [0.15, 0.2) is 0 Å². The van der Waals surface area contributed by atoms with Crippen LogP contribution in [0.2, 0.25) is 0 Å². The van der Waals surface area contributed by atoms with E-state index in [4.69, 9.17) is 9.47 Å². The zero-order valence-corrected chi connectivity index (χ0v) is 16.5. The Morgan fingerprint density at radius 2 is 2.00 bits per heavy atom. The zero-order valence-electron chi connectivity index (χ0n) is 15.6. The van der Waals surface area contributed by atoms with Crippen LogP contribution in [0, 0.1) is 6.92 Å². The minimum atomic E-state index is -0.262. The first-order valence-corrected chi connectivity index (χ1v) is 9.26. The first-order chi connectivity index (χ1) is 13.0. The van der Waals surface area contributed by atoms with Gasteiger partial charge in [0, 0.05) is 11.8 Å². The molecule has 0 unspecified atom stereocenters. The molecule has 2 aromatic heterocycles. The van der Waals surface area contributed by atoms with Crippen molar-refractivity contribution < 1.29 is 14.3 Å². The maximum Gasteiger partial charge on any atom is 0.263 e. The van der Waals surface area contributed by atoms with Crippen LogP contribution in [0.15, 0.2) is 42.6 Å². The number of carbonyl (C=O) groups excluding carboxylic acids is 1. The Kier molecular flexibility index (Phi) is 5.71. The van der Waals surface area contributed by atoms with Gasteiger partial charge in [-0.3, -0.25) is 9.78 Å². The summed E-state index contributed by atoms with van der Waals surface area (Å²) in [6.45, 7) is 3.74. The molecule has 1 aromatic carbocycles. The van der Waals surface area contributed by atoms with Crippen molar-refractivity contribution in [2.24, 2.45) is 0 Å². The summed E-state index contributed by atoms with van der Waals surface area (Å²) in [4.78, 5) is 22.2. The lowest BCUT2D eigenvalue weighted by atomic mass is 10.1. The van der Waals surface area contributed by atoms with Gasteiger partial charge < -0.3 is 14.8 Å². The van der Waals surface area contributed by atoms with Crippen molar-refractivity contribution in [3.05, 3.63) is 58.7 Å². The fourth-order valence-corrected chi connectivity index (χ4v) is 3.67. The number of ether oxygens (including phenoxy) is 2. The predicted molar refractivity (Wildman–Crippen MR) is 106 cm³/mol. The lowest BCUT2D eigenvalue weighted by molar-refractivity contribution is 0.0942. The molecular weight excluding hydrogens is 362 g/mol. The van der Waals surface area contributed by atoms with Crippen LogP contribution in [0.25, 0.3) is 10.7 Å². The van der Waals surface area contributed by atoms with E-state index in [1.165, 1.54) is 11.3 Å². The average molecular weight is 383 g/mol. The lowest BCUT2D eigenvalue weighted by Gasteiger charge is -2.18. The third kappa shape index (κ3) is 4.09. The minimum absolute atomic E-state index is 0.176. The number of hydrogen-bond acceptors (Lipinski definition) is 6. The van der Waals surface area contributed by atoms with Crippen LogP contribution in [-0.2, 0) is 0 Å². The van der Waals surface area contributed by atoms with E-state index in [2.05, 4.69) is 15.3 Å². The Balaban J connectivity index is 1.83. The number of nitrogens with one attached hydrogen (secondary N) is 1. The summed E-state index contributed by atoms with van der Waals surface area (Å²) in [7, 11) is 3.21. The number of benzene rings is 1. The van der Waals surface area contributed by atoms with Crippen molar-refractivity contribution in [1.82, 2.24) is 15.3 Å². The molecule has 0 bridgehead atoms. The summed E-state index contributed by atoms with van der Waals surface area (Å²) in [6, 6.07) is 10.9. The van der Waals surface area contributed by atoms with Crippen LogP contribution in [-0.4, -0.2) is 30.1 Å². The highest BCUT2D eigenvalue weighted by atomic mass is 32.1. The van der Waals surface area contributed by atoms with Crippen molar-refractivity contribution in [1.29, 1.82) is 0 Å². The number of pyridine rings is 1. The van der Waals surface area contributed by atoms with E-state index >= 15 is 0 Å². The topological polar surface area (TPSA) is 73.3 Å². The Morgan fingerprint density at radius 1 is 1.19 bits per heavy atom. The predicted octanol–water partition coefficient (Wildman–Crippen LogP) is 4.02. The van der Waals surface area contributed by atoms with Gasteiger partial charge >= 0.3 is 0 Å². The molecule has 0 aliphatic carbocycles. The molecule has 1 atom stereocenters. The van der Waals surface area contributed by atoms with Crippen molar-refractivity contribution in [2.75, 3.05) is 14.2 Å². The highest BCUT2D eigenvalue weighted by Crippen LogP contribution is 2.31. The molecular formula is C20H21N3O3S. The first kappa shape index (κ1) is 18.8. The second-order valence-electron chi connectivity index (χ2n) is 5.95. The first-order valence-electron chi connectivity index (χ1n) is 8.45. The van der Waals surface area contributed by atoms with Crippen LogP contribution in [0.1, 0.15) is 33.9 Å². The van der Waals surface area contributed by atoms with Crippen LogP contribution >= 0.6 is 11.3 Å². The zero-order chi connectivity index (χ0) is 19.4. The highest BCUT2D eigenvalue weighted by molar-refractivity contribution is 7.17. The lowest BCUT2D eigenvalue weighted by Crippen LogP contribution is -2.26. The number of aromatic nitrogens is 2. The van der Waals surface area contributed by atoms with E-state index < -0.39 is 0 Å². The molecule has 3 rings (SSSR count). The van der Waals surface area contributed by atoms with Gasteiger partial charge in [-0.2, -0.15) is 0 Å². The number of hydrogen-bond donors (Lipinski definition) is 1. The number of methoxy groups -OCH3 is 2. The number of aryl methyl sites for hydroxylation is 1. The van der Waals surface area contributed by atoms with Gasteiger partial charge in [0.2, 0.25) is 0 Å². The second-order valence-corrected chi connectivity index (χ2v) is 6.95. The normalized spacial score (nSPS) is 11.7. The van der Waals surface area contributed by atoms with Gasteiger partial charge in [-0.15, -0.1) is 11.3 Å². The van der Waals surface area contributed by atoms with Crippen molar-refractivity contribution in [2.45, 2.75) is 19.9 Å². The van der Waals surface area contributed by atoms with Crippen molar-refractivity contribution in [3.63, 3.8) is 0 Å². The molecule has 0 saturated heterocycles. The molecule has 0 fully saturated rings. The SMILES string of the molecule is COc1ccc(OC)c([C@H](C)NC(=O)c2sc(-c3ccccn3)nc2C)c1. The maximum absolute atomic E-state index is 12.8. The molecule has 3 aromatic rings. The molecule has 1 N–H and O–H groups in total. The number of thiazole rings is 1. The summed E-state index contributed by atoms with van der Waals surface area (Å²) in [6.07, 6.45) is 1.71. The summed E-state index contributed by atoms with van der Waals surface area (Å²) in [5, 5.41) is 3.75. The molecule has 6 nitrogen and oxygen atoms in total. The molecule has 0 aliphatic rings. The fraction of sp³-hybridized carbons (Fsp3) is 0.250. The van der Waals surface area contributed by atoms with E-state index in [1.807, 2.05) is 50.2 Å². The highest BCUT2D eigenvalue weighted by Gasteiger charge is 2.20. The van der Waals surface area contributed by atoms with Gasteiger partial charge in [-0.1, -0.05) is 6.07 Å². The molecule has 27 heavy (non-hydrogen) atoms. The molecule has 0 saturated carbocycles. The number of amides is 1. The van der Waals surface area contributed by atoms with Crippen LogP contribution in [0.3, 0.4) is 0 Å². The van der Waals surface area contributed by atoms with Crippen LogP contribution in [0.5, 0.6) is 11.5 Å². The Hall–Kier alpha value is -2.93. The fourth-order valence-electron chi connectivity index (χ4n) is 2.72. The Labute approximate surface area is 162 Å². The minimum Gasteiger partial charge on any atom is -0.497 e. The smallest absolute Gasteiger partial charge is 0.263 e. The molecule has 0 spiro atoms. The largest absolute Gasteiger partial charge is 0.497 e. The number of carbonyl (C=O) groups is 1. The standard InChI is InChI=1S/C20H21N3O3S/c1-12(15-11-14(25-3)8-9-17(15)26-4)22-19(24)18-13(2)23-20(27-18)16-7-5-6-10-21-16/h5-12H,1-4H3,(H,22,24)/t12-/m0/s1. The molecule has 7 heteroatoms. The van der Waals surface area contributed by atoms with Gasteiger partial charge in [-0.05, 0) is 44.2 Å². The summed E-state index contributed by atoms with van der Waals surface area (Å²) >= 11 is 1.33. The van der Waals surface area contributed by atoms with Gasteiger partial charge in [-0.25, -0.2) is 4.98 Å². The van der Waals surface area contributed by atoms with Gasteiger partial charge in [0.25, 0.3) is 5.91 Å². The average Bonchev–Trinajstić information content (AvgIpc) is 3.09. The summed E-state index contributed by atoms with van der Waals surface area (Å²) in [5.74, 6) is 1.22. The molecule has 140 valence electrons. The maximum atomic E-state index is 12.8. The van der Waals surface area contributed by atoms with E-state index in [1.54, 1.807) is 20.4 Å². The Bertz CT molecular complexity index is 941. The molecule has 1 amide bonds. The molecule has 2 heterocycles. The van der Waals surface area contributed by atoms with E-state index in [-0.39, 0.29) is 11.9 Å². The third-order valence-electron chi connectivity index (χ3n) is 4.14. The van der Waals surface area contributed by atoms with E-state index in [0.717, 1.165) is 16.3 Å². The Morgan fingerprint density at radius 3 is 2.67 bits per heavy atom.